The third kappa shape index (κ3) is 4.94. The molecule has 6 nitrogen and oxygen atoms in total. The van der Waals surface area contributed by atoms with E-state index in [2.05, 4.69) is 16.7 Å². The summed E-state index contributed by atoms with van der Waals surface area (Å²) in [4.78, 5) is 17.6. The molecule has 0 aliphatic carbocycles. The van der Waals surface area contributed by atoms with Crippen LogP contribution in [-0.2, 0) is 10.0 Å². The lowest BCUT2D eigenvalue weighted by Crippen LogP contribution is -2.49. The van der Waals surface area contributed by atoms with E-state index in [9.17, 15) is 13.2 Å². The highest BCUT2D eigenvalue weighted by molar-refractivity contribution is 7.92. The molecule has 1 unspecified atom stereocenters. The third-order valence-electron chi connectivity index (χ3n) is 6.29. The van der Waals surface area contributed by atoms with Gasteiger partial charge in [0, 0.05) is 25.2 Å². The first-order chi connectivity index (χ1) is 15.8. The van der Waals surface area contributed by atoms with Gasteiger partial charge in [-0.1, -0.05) is 42.5 Å². The molecule has 172 valence electrons. The number of hydrogen-bond donors (Lipinski definition) is 1. The van der Waals surface area contributed by atoms with Crippen LogP contribution in [0.2, 0.25) is 0 Å². The van der Waals surface area contributed by atoms with Gasteiger partial charge in [-0.25, -0.2) is 8.42 Å². The molecular formula is C26H29N3O3S. The van der Waals surface area contributed by atoms with Crippen LogP contribution in [0.1, 0.15) is 33.1 Å². The summed E-state index contributed by atoms with van der Waals surface area (Å²) < 4.78 is 28.5. The lowest BCUT2D eigenvalue weighted by Gasteiger charge is -2.40. The van der Waals surface area contributed by atoms with Crippen molar-refractivity contribution in [3.63, 3.8) is 0 Å². The molecule has 1 aliphatic rings. The number of carbonyl (C=O) groups is 1. The second-order valence-electron chi connectivity index (χ2n) is 8.56. The van der Waals surface area contributed by atoms with Gasteiger partial charge in [-0.05, 0) is 67.9 Å². The van der Waals surface area contributed by atoms with Crippen molar-refractivity contribution < 1.29 is 13.2 Å². The van der Waals surface area contributed by atoms with Crippen LogP contribution in [0.15, 0.2) is 77.7 Å². The van der Waals surface area contributed by atoms with Crippen LogP contribution < -0.4 is 4.72 Å². The molecule has 1 heterocycles. The predicted octanol–water partition coefficient (Wildman–Crippen LogP) is 4.23. The topological polar surface area (TPSA) is 69.7 Å². The molecule has 3 aromatic rings. The fourth-order valence-corrected chi connectivity index (χ4v) is 5.25. The first-order valence-corrected chi connectivity index (χ1v) is 12.5. The molecule has 33 heavy (non-hydrogen) atoms. The summed E-state index contributed by atoms with van der Waals surface area (Å²) >= 11 is 0. The number of benzene rings is 3. The molecule has 0 radical (unpaired) electrons. The number of nitrogens with zero attached hydrogens (tertiary/aromatic N) is 2. The highest BCUT2D eigenvalue weighted by Gasteiger charge is 2.31. The van der Waals surface area contributed by atoms with E-state index in [0.29, 0.717) is 17.8 Å². The van der Waals surface area contributed by atoms with Gasteiger partial charge in [0.05, 0.1) is 16.6 Å². The van der Waals surface area contributed by atoms with Crippen LogP contribution in [0, 0.1) is 13.8 Å². The lowest BCUT2D eigenvalue weighted by molar-refractivity contribution is 0.0498. The van der Waals surface area contributed by atoms with E-state index in [1.807, 2.05) is 61.2 Å². The van der Waals surface area contributed by atoms with Crippen molar-refractivity contribution in [2.75, 3.05) is 31.4 Å². The summed E-state index contributed by atoms with van der Waals surface area (Å²) in [5, 5.41) is 0. The number of rotatable bonds is 5. The molecule has 1 atom stereocenters. The second kappa shape index (κ2) is 9.37. The Morgan fingerprint density at radius 2 is 1.61 bits per heavy atom. The smallest absolute Gasteiger partial charge is 0.261 e. The van der Waals surface area contributed by atoms with E-state index in [1.54, 1.807) is 18.2 Å². The fourth-order valence-electron chi connectivity index (χ4n) is 4.13. The molecule has 4 rings (SSSR count). The Bertz CT molecular complexity index is 1240. The van der Waals surface area contributed by atoms with Crippen LogP contribution in [0.4, 0.5) is 5.69 Å². The van der Waals surface area contributed by atoms with Crippen LogP contribution >= 0.6 is 0 Å². The summed E-state index contributed by atoms with van der Waals surface area (Å²) in [7, 11) is -1.71. The molecule has 1 fully saturated rings. The number of anilines is 1. The number of likely N-dealkylation sites (N-methyl/N-ethyl adjacent to an activating group) is 1. The standard InChI is InChI=1S/C26H29N3O3S/c1-19-8-7-11-24(20(19)2)27-33(31,32)23-14-12-22(13-15-23)26(30)29-17-16-28(3)18-25(29)21-9-5-4-6-10-21/h4-15,25,27H,16-18H2,1-3H3. The first-order valence-electron chi connectivity index (χ1n) is 11.0. The zero-order chi connectivity index (χ0) is 23.6. The van der Waals surface area contributed by atoms with E-state index in [0.717, 1.165) is 29.8 Å². The first kappa shape index (κ1) is 23.0. The molecule has 1 saturated heterocycles. The van der Waals surface area contributed by atoms with E-state index in [-0.39, 0.29) is 16.8 Å². The van der Waals surface area contributed by atoms with Crippen molar-refractivity contribution in [2.24, 2.45) is 0 Å². The SMILES string of the molecule is Cc1cccc(NS(=O)(=O)c2ccc(C(=O)N3CCN(C)CC3c3ccccc3)cc2)c1C. The van der Waals surface area contributed by atoms with E-state index >= 15 is 0 Å². The minimum Gasteiger partial charge on any atom is -0.329 e. The van der Waals surface area contributed by atoms with E-state index in [1.165, 1.54) is 12.1 Å². The highest BCUT2D eigenvalue weighted by Crippen LogP contribution is 2.27. The van der Waals surface area contributed by atoms with Gasteiger partial charge in [-0.15, -0.1) is 0 Å². The molecule has 1 amide bonds. The zero-order valence-electron chi connectivity index (χ0n) is 19.2. The maximum atomic E-state index is 13.4. The Balaban J connectivity index is 1.55. The van der Waals surface area contributed by atoms with Crippen molar-refractivity contribution >= 4 is 21.6 Å². The average Bonchev–Trinajstić information content (AvgIpc) is 2.82. The molecule has 0 saturated carbocycles. The summed E-state index contributed by atoms with van der Waals surface area (Å²) in [6.07, 6.45) is 0. The summed E-state index contributed by atoms with van der Waals surface area (Å²) in [5.74, 6) is -0.0941. The van der Waals surface area contributed by atoms with E-state index in [4.69, 9.17) is 0 Å². The van der Waals surface area contributed by atoms with Gasteiger partial charge in [0.2, 0.25) is 0 Å². The van der Waals surface area contributed by atoms with Gasteiger partial charge in [0.25, 0.3) is 15.9 Å². The number of sulfonamides is 1. The number of hydrogen-bond acceptors (Lipinski definition) is 4. The highest BCUT2D eigenvalue weighted by atomic mass is 32.2. The predicted molar refractivity (Wildman–Crippen MR) is 131 cm³/mol. The molecule has 1 N–H and O–H groups in total. The molecule has 7 heteroatoms. The van der Waals surface area contributed by atoms with Gasteiger partial charge in [0.1, 0.15) is 0 Å². The molecule has 3 aromatic carbocycles. The Morgan fingerprint density at radius 1 is 0.909 bits per heavy atom. The van der Waals surface area contributed by atoms with Gasteiger partial charge >= 0.3 is 0 Å². The summed E-state index contributed by atoms with van der Waals surface area (Å²) in [5.41, 5.74) is 4.02. The van der Waals surface area contributed by atoms with Crippen molar-refractivity contribution in [1.82, 2.24) is 9.80 Å². The molecule has 0 bridgehead atoms. The second-order valence-corrected chi connectivity index (χ2v) is 10.2. The Hall–Kier alpha value is -3.16. The van der Waals surface area contributed by atoms with Crippen molar-refractivity contribution in [1.29, 1.82) is 0 Å². The van der Waals surface area contributed by atoms with Gasteiger partial charge in [-0.3, -0.25) is 9.52 Å². The quantitative estimate of drug-likeness (QED) is 0.615. The van der Waals surface area contributed by atoms with Crippen LogP contribution in [0.5, 0.6) is 0 Å². The normalized spacial score (nSPS) is 17.1. The van der Waals surface area contributed by atoms with Gasteiger partial charge < -0.3 is 9.80 Å². The monoisotopic (exact) mass is 463 g/mol. The average molecular weight is 464 g/mol. The maximum absolute atomic E-state index is 13.4. The number of piperazine rings is 1. The largest absolute Gasteiger partial charge is 0.329 e. The van der Waals surface area contributed by atoms with Crippen molar-refractivity contribution in [3.8, 4) is 0 Å². The molecular weight excluding hydrogens is 434 g/mol. The molecule has 0 aromatic heterocycles. The van der Waals surface area contributed by atoms with Crippen LogP contribution in [0.25, 0.3) is 0 Å². The van der Waals surface area contributed by atoms with Gasteiger partial charge in [-0.2, -0.15) is 0 Å². The maximum Gasteiger partial charge on any atom is 0.261 e. The fraction of sp³-hybridized carbons (Fsp3) is 0.269. The Kier molecular flexibility index (Phi) is 6.54. The Labute approximate surface area is 195 Å². The van der Waals surface area contributed by atoms with Crippen LogP contribution in [-0.4, -0.2) is 50.8 Å². The minimum atomic E-state index is -3.76. The van der Waals surface area contributed by atoms with Crippen molar-refractivity contribution in [2.45, 2.75) is 24.8 Å². The van der Waals surface area contributed by atoms with Gasteiger partial charge in [0.15, 0.2) is 0 Å². The number of aryl methyl sites for hydroxylation is 1. The summed E-state index contributed by atoms with van der Waals surface area (Å²) in [6, 6.07) is 21.6. The third-order valence-corrected chi connectivity index (χ3v) is 7.67. The molecule has 0 spiro atoms. The van der Waals surface area contributed by atoms with Crippen molar-refractivity contribution in [3.05, 3.63) is 95.1 Å². The number of carbonyl (C=O) groups excluding carboxylic acids is 1. The Morgan fingerprint density at radius 3 is 2.30 bits per heavy atom. The van der Waals surface area contributed by atoms with E-state index < -0.39 is 10.0 Å². The zero-order valence-corrected chi connectivity index (χ0v) is 20.0. The summed E-state index contributed by atoms with van der Waals surface area (Å²) in [6.45, 7) is 5.98. The van der Waals surface area contributed by atoms with Crippen LogP contribution in [0.3, 0.4) is 0 Å². The number of nitrogens with one attached hydrogen (secondary N) is 1. The lowest BCUT2D eigenvalue weighted by atomic mass is 10.0. The molecule has 1 aliphatic heterocycles. The number of amides is 1. The minimum absolute atomic E-state index is 0.0492.